The molecule has 1 amide bonds. The van der Waals surface area contributed by atoms with E-state index in [4.69, 9.17) is 32.5 Å². The van der Waals surface area contributed by atoms with Gasteiger partial charge in [-0.15, -0.1) is 10.2 Å². The molecule has 0 aliphatic heterocycles. The van der Waals surface area contributed by atoms with Gasteiger partial charge in [-0.1, -0.05) is 51.8 Å². The second kappa shape index (κ2) is 10.3. The van der Waals surface area contributed by atoms with Gasteiger partial charge in [-0.25, -0.2) is 8.42 Å². The lowest BCUT2D eigenvalue weighted by atomic mass is 10.2. The molecule has 0 saturated heterocycles. The molecule has 0 fully saturated rings. The van der Waals surface area contributed by atoms with E-state index < -0.39 is 15.9 Å². The number of anilines is 1. The maximum absolute atomic E-state index is 12.9. The van der Waals surface area contributed by atoms with Gasteiger partial charge in [0, 0.05) is 17.6 Å². The highest BCUT2D eigenvalue weighted by molar-refractivity contribution is 7.91. The van der Waals surface area contributed by atoms with Gasteiger partial charge in [0.25, 0.3) is 15.9 Å². The Morgan fingerprint density at radius 2 is 2.00 bits per heavy atom. The third-order valence-electron chi connectivity index (χ3n) is 4.59. The predicted octanol–water partition coefficient (Wildman–Crippen LogP) is 3.98. The van der Waals surface area contributed by atoms with E-state index in [0.29, 0.717) is 27.7 Å². The SMILES string of the molecule is COc1cccc(-c2noc(CN(C)S(=O)(=O)c3nnc(NC(=O)c4ccc(Cl)cc4Cl)s3)n2)c1. The summed E-state index contributed by atoms with van der Waals surface area (Å²) in [5, 5.41) is 14.3. The highest BCUT2D eigenvalue weighted by Gasteiger charge is 2.28. The summed E-state index contributed by atoms with van der Waals surface area (Å²) in [4.78, 5) is 16.7. The molecule has 1 N–H and O–H groups in total. The molecule has 0 bridgehead atoms. The molecule has 0 aliphatic carbocycles. The van der Waals surface area contributed by atoms with Gasteiger partial charge >= 0.3 is 0 Å². The number of nitrogens with one attached hydrogen (secondary N) is 1. The highest BCUT2D eigenvalue weighted by Crippen LogP contribution is 2.27. The van der Waals surface area contributed by atoms with Crippen LogP contribution >= 0.6 is 34.5 Å². The fourth-order valence-corrected chi connectivity index (χ4v) is 5.51. The predicted molar refractivity (Wildman–Crippen MR) is 129 cm³/mol. The molecule has 0 radical (unpaired) electrons. The molecule has 2 aromatic carbocycles. The number of methoxy groups -OCH3 is 1. The van der Waals surface area contributed by atoms with Gasteiger partial charge in [-0.2, -0.15) is 9.29 Å². The lowest BCUT2D eigenvalue weighted by molar-refractivity contribution is 0.102. The van der Waals surface area contributed by atoms with Crippen LogP contribution in [0, 0.1) is 0 Å². The molecule has 0 aliphatic rings. The molecule has 15 heteroatoms. The van der Waals surface area contributed by atoms with Crippen molar-refractivity contribution in [3.63, 3.8) is 0 Å². The number of rotatable bonds is 8. The van der Waals surface area contributed by atoms with Crippen LogP contribution in [0.3, 0.4) is 0 Å². The Morgan fingerprint density at radius 1 is 1.20 bits per heavy atom. The van der Waals surface area contributed by atoms with Crippen molar-refractivity contribution in [2.75, 3.05) is 19.5 Å². The summed E-state index contributed by atoms with van der Waals surface area (Å²) >= 11 is 12.6. The van der Waals surface area contributed by atoms with Crippen molar-refractivity contribution < 1.29 is 22.5 Å². The molecular weight excluding hydrogens is 539 g/mol. The zero-order valence-electron chi connectivity index (χ0n) is 18.1. The van der Waals surface area contributed by atoms with Gasteiger partial charge in [-0.05, 0) is 30.3 Å². The van der Waals surface area contributed by atoms with Gasteiger partial charge in [0.2, 0.25) is 21.2 Å². The zero-order chi connectivity index (χ0) is 25.2. The molecule has 0 spiro atoms. The molecule has 4 rings (SSSR count). The van der Waals surface area contributed by atoms with E-state index in [9.17, 15) is 13.2 Å². The Bertz CT molecular complexity index is 1490. The third kappa shape index (κ3) is 5.60. The van der Waals surface area contributed by atoms with E-state index in [1.54, 1.807) is 24.3 Å². The second-order valence-electron chi connectivity index (χ2n) is 6.96. The minimum atomic E-state index is -4.06. The highest BCUT2D eigenvalue weighted by atomic mass is 35.5. The molecule has 2 heterocycles. The van der Waals surface area contributed by atoms with Gasteiger partial charge in [0.1, 0.15) is 5.75 Å². The van der Waals surface area contributed by atoms with E-state index in [1.807, 2.05) is 0 Å². The number of benzene rings is 2. The lowest BCUT2D eigenvalue weighted by Crippen LogP contribution is -2.26. The smallest absolute Gasteiger partial charge is 0.272 e. The normalized spacial score (nSPS) is 11.6. The van der Waals surface area contributed by atoms with Crippen LogP contribution in [0.25, 0.3) is 11.4 Å². The van der Waals surface area contributed by atoms with E-state index in [1.165, 1.54) is 32.4 Å². The van der Waals surface area contributed by atoms with Gasteiger partial charge < -0.3 is 9.26 Å². The molecule has 0 unspecified atom stereocenters. The van der Waals surface area contributed by atoms with Crippen molar-refractivity contribution in [3.8, 4) is 17.1 Å². The van der Waals surface area contributed by atoms with Crippen molar-refractivity contribution in [3.05, 3.63) is 64.0 Å². The average molecular weight is 555 g/mol. The first kappa shape index (κ1) is 25.0. The number of aromatic nitrogens is 4. The summed E-state index contributed by atoms with van der Waals surface area (Å²) in [7, 11) is -1.19. The molecule has 0 atom stereocenters. The summed E-state index contributed by atoms with van der Waals surface area (Å²) in [6.07, 6.45) is 0. The van der Waals surface area contributed by atoms with Gasteiger partial charge in [0.15, 0.2) is 0 Å². The van der Waals surface area contributed by atoms with E-state index >= 15 is 0 Å². The van der Waals surface area contributed by atoms with E-state index in [0.717, 1.165) is 4.31 Å². The van der Waals surface area contributed by atoms with E-state index in [2.05, 4.69) is 25.7 Å². The van der Waals surface area contributed by atoms with Gasteiger partial charge in [-0.3, -0.25) is 10.1 Å². The molecule has 11 nitrogen and oxygen atoms in total. The molecule has 35 heavy (non-hydrogen) atoms. The minimum Gasteiger partial charge on any atom is -0.497 e. The Kier molecular flexibility index (Phi) is 7.33. The number of halogens is 2. The first-order chi connectivity index (χ1) is 16.7. The van der Waals surface area contributed by atoms with Crippen LogP contribution in [0.1, 0.15) is 16.2 Å². The fourth-order valence-electron chi connectivity index (χ4n) is 2.81. The Labute approximate surface area is 213 Å². The van der Waals surface area contributed by atoms with Crippen molar-refractivity contribution in [1.29, 1.82) is 0 Å². The first-order valence-electron chi connectivity index (χ1n) is 9.70. The van der Waals surface area contributed by atoms with Crippen LogP contribution < -0.4 is 10.1 Å². The van der Waals surface area contributed by atoms with Crippen LogP contribution in [0.4, 0.5) is 5.13 Å². The van der Waals surface area contributed by atoms with Crippen LogP contribution in [-0.2, 0) is 16.6 Å². The van der Waals surface area contributed by atoms with Gasteiger partial charge in [0.05, 0.1) is 24.2 Å². The molecule has 4 aromatic rings. The molecule has 0 saturated carbocycles. The topological polar surface area (TPSA) is 140 Å². The van der Waals surface area contributed by atoms with Crippen molar-refractivity contribution in [2.45, 2.75) is 10.9 Å². The quantitative estimate of drug-likeness (QED) is 0.320. The fraction of sp³-hybridized carbons (Fsp3) is 0.150. The number of ether oxygens (including phenoxy) is 1. The van der Waals surface area contributed by atoms with Crippen LogP contribution in [0.15, 0.2) is 51.3 Å². The molecular formula is C20H16Cl2N6O5S2. The van der Waals surface area contributed by atoms with Crippen LogP contribution in [-0.4, -0.2) is 53.1 Å². The van der Waals surface area contributed by atoms with E-state index in [-0.39, 0.29) is 38.3 Å². The largest absolute Gasteiger partial charge is 0.497 e. The second-order valence-corrected chi connectivity index (χ2v) is 11.0. The van der Waals surface area contributed by atoms with Crippen molar-refractivity contribution in [2.24, 2.45) is 0 Å². The summed E-state index contributed by atoms with van der Waals surface area (Å²) in [6, 6.07) is 11.4. The molecule has 182 valence electrons. The number of hydrogen-bond donors (Lipinski definition) is 1. The Balaban J connectivity index is 1.45. The standard InChI is InChI=1S/C20H16Cl2N6O5S2/c1-28(10-16-23-17(27-33-16)11-4-3-5-13(8-11)32-2)35(30,31)20-26-25-19(34-20)24-18(29)14-7-6-12(21)9-15(14)22/h3-9H,10H2,1-2H3,(H,24,25,29). The average Bonchev–Trinajstić information content (AvgIpc) is 3.49. The number of carbonyl (C=O) groups excluding carboxylic acids is 1. The Morgan fingerprint density at radius 3 is 2.74 bits per heavy atom. The monoisotopic (exact) mass is 554 g/mol. The maximum atomic E-state index is 12.9. The number of sulfonamides is 1. The number of amides is 1. The number of nitrogens with zero attached hydrogens (tertiary/aromatic N) is 5. The summed E-state index contributed by atoms with van der Waals surface area (Å²) < 4.78 is 36.9. The summed E-state index contributed by atoms with van der Waals surface area (Å²) in [5.41, 5.74) is 0.797. The summed E-state index contributed by atoms with van der Waals surface area (Å²) in [5.74, 6) is 0.387. The van der Waals surface area contributed by atoms with Crippen molar-refractivity contribution in [1.82, 2.24) is 24.6 Å². The maximum Gasteiger partial charge on any atom is 0.272 e. The number of carbonyl (C=O) groups is 1. The summed E-state index contributed by atoms with van der Waals surface area (Å²) in [6.45, 7) is -0.207. The first-order valence-corrected chi connectivity index (χ1v) is 12.7. The van der Waals surface area contributed by atoms with Crippen LogP contribution in [0.2, 0.25) is 10.0 Å². The zero-order valence-corrected chi connectivity index (χ0v) is 21.2. The van der Waals surface area contributed by atoms with Crippen LogP contribution in [0.5, 0.6) is 5.75 Å². The lowest BCUT2D eigenvalue weighted by Gasteiger charge is -2.11. The third-order valence-corrected chi connectivity index (χ3v) is 8.12. The number of hydrogen-bond acceptors (Lipinski definition) is 10. The van der Waals surface area contributed by atoms with Crippen molar-refractivity contribution >= 4 is 55.6 Å². The molecule has 2 aromatic heterocycles. The minimum absolute atomic E-state index is 0.0221. The Hall–Kier alpha value is -3.10.